The summed E-state index contributed by atoms with van der Waals surface area (Å²) >= 11 is 2.22. The van der Waals surface area contributed by atoms with Crippen molar-refractivity contribution in [2.75, 3.05) is 24.2 Å². The number of hydrogen-bond donors (Lipinski definition) is 1. The molecule has 0 spiro atoms. The molecule has 1 amide bonds. The van der Waals surface area contributed by atoms with Gasteiger partial charge >= 0.3 is 0 Å². The van der Waals surface area contributed by atoms with Crippen LogP contribution in [0, 0.1) is 0 Å². The Bertz CT molecular complexity index is 396. The predicted molar refractivity (Wildman–Crippen MR) is 80.0 cm³/mol. The summed E-state index contributed by atoms with van der Waals surface area (Å²) in [5, 5.41) is 2.83. The molecule has 0 atom stereocenters. The van der Waals surface area contributed by atoms with Gasteiger partial charge in [0.15, 0.2) is 11.5 Å². The highest BCUT2D eigenvalue weighted by atomic mass is 127. The van der Waals surface area contributed by atoms with E-state index in [2.05, 4.69) is 27.9 Å². The molecule has 0 bridgehead atoms. The van der Waals surface area contributed by atoms with E-state index < -0.39 is 0 Å². The molecule has 0 saturated carbocycles. The summed E-state index contributed by atoms with van der Waals surface area (Å²) in [5.41, 5.74) is 0.590. The Morgan fingerprint density at radius 2 is 1.89 bits per heavy atom. The summed E-state index contributed by atoms with van der Waals surface area (Å²) in [6, 6.07) is 5.24. The number of alkyl halides is 1. The second-order valence-electron chi connectivity index (χ2n) is 3.47. The zero-order valence-corrected chi connectivity index (χ0v) is 12.8. The van der Waals surface area contributed by atoms with Crippen LogP contribution in [0.1, 0.15) is 24.2 Å². The molecule has 4 nitrogen and oxygen atoms in total. The van der Waals surface area contributed by atoms with Crippen LogP contribution in [0.3, 0.4) is 0 Å². The lowest BCUT2D eigenvalue weighted by Crippen LogP contribution is -2.25. The summed E-state index contributed by atoms with van der Waals surface area (Å²) in [4.78, 5) is 11.8. The van der Waals surface area contributed by atoms with Crippen LogP contribution in [0.5, 0.6) is 11.5 Å². The van der Waals surface area contributed by atoms with Crippen molar-refractivity contribution in [1.82, 2.24) is 5.32 Å². The summed E-state index contributed by atoms with van der Waals surface area (Å²) in [5.74, 6) is 1.20. The van der Waals surface area contributed by atoms with E-state index in [1.165, 1.54) is 0 Å². The van der Waals surface area contributed by atoms with Crippen LogP contribution in [-0.2, 0) is 0 Å². The maximum atomic E-state index is 11.8. The SMILES string of the molecule is CCOc1ccc(C(=O)NCCI)cc1OCC. The molecule has 1 rings (SSSR count). The lowest BCUT2D eigenvalue weighted by molar-refractivity contribution is 0.0956. The summed E-state index contributed by atoms with van der Waals surface area (Å²) in [7, 11) is 0. The van der Waals surface area contributed by atoms with Crippen molar-refractivity contribution in [2.45, 2.75) is 13.8 Å². The Morgan fingerprint density at radius 1 is 1.22 bits per heavy atom. The van der Waals surface area contributed by atoms with Crippen LogP contribution >= 0.6 is 22.6 Å². The summed E-state index contributed by atoms with van der Waals surface area (Å²) < 4.78 is 11.8. The van der Waals surface area contributed by atoms with E-state index in [-0.39, 0.29) is 5.91 Å². The molecule has 1 aromatic rings. The fourth-order valence-corrected chi connectivity index (χ4v) is 1.72. The van der Waals surface area contributed by atoms with Crippen LogP contribution < -0.4 is 14.8 Å². The van der Waals surface area contributed by atoms with Crippen LogP contribution in [-0.4, -0.2) is 30.1 Å². The van der Waals surface area contributed by atoms with Crippen LogP contribution in [0.15, 0.2) is 18.2 Å². The minimum absolute atomic E-state index is 0.0873. The van der Waals surface area contributed by atoms with Gasteiger partial charge in [0.2, 0.25) is 0 Å². The zero-order chi connectivity index (χ0) is 13.4. The van der Waals surface area contributed by atoms with Crippen molar-refractivity contribution < 1.29 is 14.3 Å². The van der Waals surface area contributed by atoms with Gasteiger partial charge < -0.3 is 14.8 Å². The van der Waals surface area contributed by atoms with Gasteiger partial charge in [-0.3, -0.25) is 4.79 Å². The molecule has 100 valence electrons. The fourth-order valence-electron chi connectivity index (χ4n) is 1.46. The average molecular weight is 363 g/mol. The lowest BCUT2D eigenvalue weighted by atomic mass is 10.2. The van der Waals surface area contributed by atoms with E-state index in [1.54, 1.807) is 18.2 Å². The highest BCUT2D eigenvalue weighted by Gasteiger charge is 2.10. The smallest absolute Gasteiger partial charge is 0.251 e. The molecule has 0 aliphatic heterocycles. The molecule has 0 saturated heterocycles. The van der Waals surface area contributed by atoms with Crippen molar-refractivity contribution in [3.63, 3.8) is 0 Å². The number of rotatable bonds is 7. The Balaban J connectivity index is 2.87. The minimum atomic E-state index is -0.0873. The lowest BCUT2D eigenvalue weighted by Gasteiger charge is -2.12. The number of carbonyl (C=O) groups excluding carboxylic acids is 1. The summed E-state index contributed by atoms with van der Waals surface area (Å²) in [6.07, 6.45) is 0. The van der Waals surface area contributed by atoms with E-state index in [4.69, 9.17) is 9.47 Å². The highest BCUT2D eigenvalue weighted by Crippen LogP contribution is 2.28. The zero-order valence-electron chi connectivity index (χ0n) is 10.7. The van der Waals surface area contributed by atoms with Gasteiger partial charge in [-0.05, 0) is 32.0 Å². The Kier molecular flexibility index (Phi) is 6.85. The number of hydrogen-bond acceptors (Lipinski definition) is 3. The number of halogens is 1. The van der Waals surface area contributed by atoms with E-state index in [1.807, 2.05) is 13.8 Å². The Labute approximate surface area is 121 Å². The third-order valence-corrected chi connectivity index (χ3v) is 2.73. The van der Waals surface area contributed by atoms with E-state index in [0.29, 0.717) is 36.8 Å². The molecule has 0 radical (unpaired) electrons. The van der Waals surface area contributed by atoms with Crippen molar-refractivity contribution >= 4 is 28.5 Å². The number of ether oxygens (including phenoxy) is 2. The van der Waals surface area contributed by atoms with Crippen LogP contribution in [0.2, 0.25) is 0 Å². The molecule has 1 aromatic carbocycles. The third kappa shape index (κ3) is 4.36. The van der Waals surface area contributed by atoms with Crippen molar-refractivity contribution in [2.24, 2.45) is 0 Å². The first-order valence-corrected chi connectivity index (χ1v) is 7.49. The predicted octanol–water partition coefficient (Wildman–Crippen LogP) is 2.65. The molecule has 0 fully saturated rings. The van der Waals surface area contributed by atoms with Gasteiger partial charge in [0.25, 0.3) is 5.91 Å². The maximum Gasteiger partial charge on any atom is 0.251 e. The number of amides is 1. The molecule has 0 aliphatic carbocycles. The van der Waals surface area contributed by atoms with Gasteiger partial charge in [-0.25, -0.2) is 0 Å². The molecular formula is C13H18INO3. The fraction of sp³-hybridized carbons (Fsp3) is 0.462. The Morgan fingerprint density at radius 3 is 2.50 bits per heavy atom. The quantitative estimate of drug-likeness (QED) is 0.599. The van der Waals surface area contributed by atoms with Gasteiger partial charge in [-0.2, -0.15) is 0 Å². The Hall–Kier alpha value is -0.980. The van der Waals surface area contributed by atoms with Crippen LogP contribution in [0.25, 0.3) is 0 Å². The van der Waals surface area contributed by atoms with Gasteiger partial charge in [-0.15, -0.1) is 0 Å². The molecule has 5 heteroatoms. The monoisotopic (exact) mass is 363 g/mol. The third-order valence-electron chi connectivity index (χ3n) is 2.19. The molecule has 0 aromatic heterocycles. The van der Waals surface area contributed by atoms with Gasteiger partial charge in [0.05, 0.1) is 13.2 Å². The average Bonchev–Trinajstić information content (AvgIpc) is 2.38. The molecule has 0 aliphatic rings. The van der Waals surface area contributed by atoms with Crippen molar-refractivity contribution in [1.29, 1.82) is 0 Å². The van der Waals surface area contributed by atoms with Crippen molar-refractivity contribution in [3.05, 3.63) is 23.8 Å². The second-order valence-corrected chi connectivity index (χ2v) is 4.55. The first-order valence-electron chi connectivity index (χ1n) is 5.96. The van der Waals surface area contributed by atoms with E-state index in [9.17, 15) is 4.79 Å². The van der Waals surface area contributed by atoms with Crippen molar-refractivity contribution in [3.8, 4) is 11.5 Å². The highest BCUT2D eigenvalue weighted by molar-refractivity contribution is 14.1. The number of nitrogens with one attached hydrogen (secondary N) is 1. The molecule has 1 N–H and O–H groups in total. The second kappa shape index (κ2) is 8.18. The standard InChI is InChI=1S/C13H18INO3/c1-3-17-11-6-5-10(9-12(11)18-4-2)13(16)15-8-7-14/h5-6,9H,3-4,7-8H2,1-2H3,(H,15,16). The molecular weight excluding hydrogens is 345 g/mol. The number of carbonyl (C=O) groups is 1. The number of benzene rings is 1. The van der Waals surface area contributed by atoms with Gasteiger partial charge in [0, 0.05) is 16.5 Å². The topological polar surface area (TPSA) is 47.6 Å². The van der Waals surface area contributed by atoms with E-state index in [0.717, 1.165) is 4.43 Å². The largest absolute Gasteiger partial charge is 0.490 e. The first-order chi connectivity index (χ1) is 8.72. The first kappa shape index (κ1) is 15.1. The van der Waals surface area contributed by atoms with E-state index >= 15 is 0 Å². The molecule has 0 unspecified atom stereocenters. The van der Waals surface area contributed by atoms with Gasteiger partial charge in [-0.1, -0.05) is 22.6 Å². The normalized spacial score (nSPS) is 9.94. The molecule has 0 heterocycles. The van der Waals surface area contributed by atoms with Crippen LogP contribution in [0.4, 0.5) is 0 Å². The maximum absolute atomic E-state index is 11.8. The summed E-state index contributed by atoms with van der Waals surface area (Å²) in [6.45, 7) is 5.59. The minimum Gasteiger partial charge on any atom is -0.490 e. The molecule has 18 heavy (non-hydrogen) atoms. The van der Waals surface area contributed by atoms with Gasteiger partial charge in [0.1, 0.15) is 0 Å².